The Bertz CT molecular complexity index is 950. The number of hydrogen-bond acceptors (Lipinski definition) is 6. The van der Waals surface area contributed by atoms with E-state index in [0.29, 0.717) is 10.6 Å². The molecule has 1 heterocycles. The standard InChI is InChI=1S/C20H19NO4S2/c1-3-25-20(23)18-15-6-4-5-7-16(15)27-19(18)21-17(22)12-26-14-10-8-13(24-2)9-11-14/h4-11H,3,12H2,1-2H3,(H,21,22). The first-order valence-electron chi connectivity index (χ1n) is 8.37. The topological polar surface area (TPSA) is 64.6 Å². The summed E-state index contributed by atoms with van der Waals surface area (Å²) in [6.45, 7) is 2.04. The van der Waals surface area contributed by atoms with Crippen molar-refractivity contribution in [2.75, 3.05) is 24.8 Å². The molecule has 1 N–H and O–H groups in total. The molecule has 0 radical (unpaired) electrons. The summed E-state index contributed by atoms with van der Waals surface area (Å²) in [6, 6.07) is 15.1. The lowest BCUT2D eigenvalue weighted by Crippen LogP contribution is -2.16. The summed E-state index contributed by atoms with van der Waals surface area (Å²) in [5.74, 6) is 0.414. The van der Waals surface area contributed by atoms with Crippen LogP contribution in [0.2, 0.25) is 0 Å². The monoisotopic (exact) mass is 401 g/mol. The minimum absolute atomic E-state index is 0.173. The minimum Gasteiger partial charge on any atom is -0.497 e. The van der Waals surface area contributed by atoms with Crippen molar-refractivity contribution >= 4 is 50.1 Å². The Morgan fingerprint density at radius 1 is 1.11 bits per heavy atom. The molecule has 27 heavy (non-hydrogen) atoms. The van der Waals surface area contributed by atoms with Gasteiger partial charge in [-0.3, -0.25) is 4.79 Å². The lowest BCUT2D eigenvalue weighted by atomic mass is 10.1. The normalized spacial score (nSPS) is 10.6. The Kier molecular flexibility index (Phi) is 6.36. The fraction of sp³-hybridized carbons (Fsp3) is 0.200. The van der Waals surface area contributed by atoms with Crippen LogP contribution in [0.4, 0.5) is 5.00 Å². The molecule has 0 unspecified atom stereocenters. The first-order chi connectivity index (χ1) is 13.1. The number of benzene rings is 2. The summed E-state index contributed by atoms with van der Waals surface area (Å²) in [7, 11) is 1.61. The van der Waals surface area contributed by atoms with Crippen LogP contribution >= 0.6 is 23.1 Å². The highest BCUT2D eigenvalue weighted by Crippen LogP contribution is 2.36. The first-order valence-corrected chi connectivity index (χ1v) is 10.2. The van der Waals surface area contributed by atoms with Gasteiger partial charge in [-0.15, -0.1) is 23.1 Å². The molecule has 0 saturated carbocycles. The number of esters is 1. The van der Waals surface area contributed by atoms with Crippen molar-refractivity contribution in [3.8, 4) is 5.75 Å². The number of hydrogen-bond donors (Lipinski definition) is 1. The molecule has 3 rings (SSSR count). The van der Waals surface area contributed by atoms with Gasteiger partial charge in [-0.05, 0) is 37.3 Å². The van der Waals surface area contributed by atoms with Crippen molar-refractivity contribution in [2.24, 2.45) is 0 Å². The summed E-state index contributed by atoms with van der Waals surface area (Å²) < 4.78 is 11.2. The van der Waals surface area contributed by atoms with E-state index in [0.717, 1.165) is 20.7 Å². The molecule has 1 amide bonds. The number of carbonyl (C=O) groups excluding carboxylic acids is 2. The Hall–Kier alpha value is -2.51. The number of methoxy groups -OCH3 is 1. The zero-order valence-electron chi connectivity index (χ0n) is 15.0. The zero-order chi connectivity index (χ0) is 19.2. The van der Waals surface area contributed by atoms with Crippen molar-refractivity contribution in [1.29, 1.82) is 0 Å². The summed E-state index contributed by atoms with van der Waals surface area (Å²) in [6.07, 6.45) is 0. The van der Waals surface area contributed by atoms with Gasteiger partial charge >= 0.3 is 5.97 Å². The number of thiophene rings is 1. The van der Waals surface area contributed by atoms with Crippen LogP contribution in [0, 0.1) is 0 Å². The predicted molar refractivity (Wildman–Crippen MR) is 110 cm³/mol. The van der Waals surface area contributed by atoms with Gasteiger partial charge in [0.25, 0.3) is 0 Å². The van der Waals surface area contributed by atoms with E-state index >= 15 is 0 Å². The van der Waals surface area contributed by atoms with Crippen molar-refractivity contribution < 1.29 is 19.1 Å². The third-order valence-corrected chi connectivity index (χ3v) is 5.86. The smallest absolute Gasteiger partial charge is 0.341 e. The Labute approximate surface area is 165 Å². The SMILES string of the molecule is CCOC(=O)c1c(NC(=O)CSc2ccc(OC)cc2)sc2ccccc12. The number of rotatable bonds is 7. The summed E-state index contributed by atoms with van der Waals surface area (Å²) in [5.41, 5.74) is 0.417. The Balaban J connectivity index is 1.73. The van der Waals surface area contributed by atoms with Gasteiger partial charge in [0, 0.05) is 15.0 Å². The minimum atomic E-state index is -0.423. The average Bonchev–Trinajstić information content (AvgIpc) is 3.04. The Morgan fingerprint density at radius 2 is 1.85 bits per heavy atom. The quantitative estimate of drug-likeness (QED) is 0.454. The van der Waals surface area contributed by atoms with Crippen LogP contribution in [0.25, 0.3) is 10.1 Å². The van der Waals surface area contributed by atoms with Gasteiger partial charge in [-0.25, -0.2) is 4.79 Å². The zero-order valence-corrected chi connectivity index (χ0v) is 16.6. The average molecular weight is 402 g/mol. The lowest BCUT2D eigenvalue weighted by Gasteiger charge is -2.07. The third-order valence-electron chi connectivity index (χ3n) is 3.76. The molecule has 3 aromatic rings. The van der Waals surface area contributed by atoms with E-state index in [-0.39, 0.29) is 18.3 Å². The summed E-state index contributed by atoms with van der Waals surface area (Å²) in [5, 5.41) is 4.18. The highest BCUT2D eigenvalue weighted by Gasteiger charge is 2.21. The van der Waals surface area contributed by atoms with E-state index in [1.807, 2.05) is 48.5 Å². The van der Waals surface area contributed by atoms with E-state index in [2.05, 4.69) is 5.32 Å². The van der Waals surface area contributed by atoms with E-state index in [1.54, 1.807) is 14.0 Å². The van der Waals surface area contributed by atoms with Crippen molar-refractivity contribution in [3.63, 3.8) is 0 Å². The number of nitrogens with one attached hydrogen (secondary N) is 1. The second kappa shape index (κ2) is 8.92. The molecule has 0 fully saturated rings. The summed E-state index contributed by atoms with van der Waals surface area (Å²) in [4.78, 5) is 25.8. The molecule has 7 heteroatoms. The van der Waals surface area contributed by atoms with Crippen LogP contribution in [0.1, 0.15) is 17.3 Å². The maximum absolute atomic E-state index is 12.4. The van der Waals surface area contributed by atoms with Gasteiger partial charge in [0.05, 0.1) is 19.5 Å². The van der Waals surface area contributed by atoms with Gasteiger partial charge in [-0.1, -0.05) is 18.2 Å². The van der Waals surface area contributed by atoms with E-state index in [4.69, 9.17) is 9.47 Å². The highest BCUT2D eigenvalue weighted by atomic mass is 32.2. The molecular weight excluding hydrogens is 382 g/mol. The van der Waals surface area contributed by atoms with E-state index < -0.39 is 5.97 Å². The molecular formula is C20H19NO4S2. The van der Waals surface area contributed by atoms with Crippen LogP contribution in [-0.4, -0.2) is 31.3 Å². The van der Waals surface area contributed by atoms with Gasteiger partial charge in [0.2, 0.25) is 5.91 Å². The van der Waals surface area contributed by atoms with Gasteiger partial charge < -0.3 is 14.8 Å². The molecule has 0 spiro atoms. The van der Waals surface area contributed by atoms with Crippen LogP contribution in [0.3, 0.4) is 0 Å². The molecule has 140 valence electrons. The molecule has 0 saturated heterocycles. The number of carbonyl (C=O) groups is 2. The molecule has 5 nitrogen and oxygen atoms in total. The molecule has 2 aromatic carbocycles. The van der Waals surface area contributed by atoms with Crippen LogP contribution in [-0.2, 0) is 9.53 Å². The predicted octanol–water partition coefficient (Wildman–Crippen LogP) is 4.82. The third kappa shape index (κ3) is 4.61. The number of fused-ring (bicyclic) bond motifs is 1. The van der Waals surface area contributed by atoms with E-state index in [9.17, 15) is 9.59 Å². The fourth-order valence-electron chi connectivity index (χ4n) is 2.52. The van der Waals surface area contributed by atoms with Crippen LogP contribution in [0.15, 0.2) is 53.4 Å². The largest absolute Gasteiger partial charge is 0.497 e. The fourth-order valence-corrected chi connectivity index (χ4v) is 4.33. The van der Waals surface area contributed by atoms with Gasteiger partial charge in [0.1, 0.15) is 16.3 Å². The molecule has 1 aromatic heterocycles. The van der Waals surface area contributed by atoms with Gasteiger partial charge in [0.15, 0.2) is 0 Å². The molecule has 0 bridgehead atoms. The van der Waals surface area contributed by atoms with Crippen LogP contribution < -0.4 is 10.1 Å². The second-order valence-electron chi connectivity index (χ2n) is 5.54. The molecule has 0 aliphatic heterocycles. The molecule has 0 atom stereocenters. The van der Waals surface area contributed by atoms with Crippen molar-refractivity contribution in [3.05, 3.63) is 54.1 Å². The Morgan fingerprint density at radius 3 is 2.56 bits per heavy atom. The lowest BCUT2D eigenvalue weighted by molar-refractivity contribution is -0.113. The summed E-state index contributed by atoms with van der Waals surface area (Å²) >= 11 is 2.79. The molecule has 0 aliphatic rings. The maximum Gasteiger partial charge on any atom is 0.341 e. The number of thioether (sulfide) groups is 1. The van der Waals surface area contributed by atoms with Crippen LogP contribution in [0.5, 0.6) is 5.75 Å². The van der Waals surface area contributed by atoms with Crippen molar-refractivity contribution in [2.45, 2.75) is 11.8 Å². The number of anilines is 1. The number of amides is 1. The second-order valence-corrected chi connectivity index (χ2v) is 7.64. The maximum atomic E-state index is 12.4. The van der Waals surface area contributed by atoms with Crippen molar-refractivity contribution in [1.82, 2.24) is 0 Å². The first kappa shape index (κ1) is 19.3. The van der Waals surface area contributed by atoms with Gasteiger partial charge in [-0.2, -0.15) is 0 Å². The molecule has 0 aliphatic carbocycles. The highest BCUT2D eigenvalue weighted by molar-refractivity contribution is 8.00. The number of ether oxygens (including phenoxy) is 2. The van der Waals surface area contributed by atoms with E-state index in [1.165, 1.54) is 23.1 Å².